The van der Waals surface area contributed by atoms with Crippen LogP contribution in [0.2, 0.25) is 0 Å². The van der Waals surface area contributed by atoms with E-state index in [9.17, 15) is 0 Å². The van der Waals surface area contributed by atoms with Crippen molar-refractivity contribution in [3.8, 4) is 0 Å². The molecule has 82 valence electrons. The molecule has 0 aromatic carbocycles. The number of rotatable bonds is 2. The number of alkyl halides is 1. The minimum atomic E-state index is 0.0330. The topological polar surface area (TPSA) is 35.0 Å². The van der Waals surface area contributed by atoms with Crippen LogP contribution in [0.5, 0.6) is 0 Å². The van der Waals surface area contributed by atoms with Gasteiger partial charge in [0.05, 0.1) is 18.2 Å². The summed E-state index contributed by atoms with van der Waals surface area (Å²) in [6.45, 7) is 2.74. The Morgan fingerprint density at radius 2 is 2.47 bits per heavy atom. The SMILES string of the molecule is Cc1cc(CCl)nc(C2CSCCO2)n1. The molecule has 0 amide bonds. The Morgan fingerprint density at radius 1 is 1.60 bits per heavy atom. The maximum absolute atomic E-state index is 5.77. The second-order valence-electron chi connectivity index (χ2n) is 3.43. The zero-order valence-electron chi connectivity index (χ0n) is 8.57. The third-order valence-corrected chi connectivity index (χ3v) is 3.43. The van der Waals surface area contributed by atoms with Gasteiger partial charge in [-0.3, -0.25) is 0 Å². The van der Waals surface area contributed by atoms with Gasteiger partial charge in [-0.2, -0.15) is 11.8 Å². The molecular weight excluding hydrogens is 232 g/mol. The highest BCUT2D eigenvalue weighted by atomic mass is 35.5. The number of hydrogen-bond acceptors (Lipinski definition) is 4. The van der Waals surface area contributed by atoms with Crippen LogP contribution < -0.4 is 0 Å². The minimum Gasteiger partial charge on any atom is -0.368 e. The van der Waals surface area contributed by atoms with E-state index in [1.54, 1.807) is 0 Å². The molecule has 0 N–H and O–H groups in total. The molecule has 15 heavy (non-hydrogen) atoms. The van der Waals surface area contributed by atoms with Gasteiger partial charge in [-0.25, -0.2) is 9.97 Å². The van der Waals surface area contributed by atoms with Crippen molar-refractivity contribution in [3.05, 3.63) is 23.3 Å². The molecule has 1 aliphatic heterocycles. The van der Waals surface area contributed by atoms with E-state index >= 15 is 0 Å². The largest absolute Gasteiger partial charge is 0.368 e. The molecule has 1 atom stereocenters. The Bertz CT molecular complexity index is 342. The Morgan fingerprint density at radius 3 is 3.13 bits per heavy atom. The summed E-state index contributed by atoms with van der Waals surface area (Å²) >= 11 is 7.65. The van der Waals surface area contributed by atoms with Crippen molar-refractivity contribution in [3.63, 3.8) is 0 Å². The van der Waals surface area contributed by atoms with Crippen LogP contribution in [0.25, 0.3) is 0 Å². The van der Waals surface area contributed by atoms with E-state index in [0.29, 0.717) is 5.88 Å². The van der Waals surface area contributed by atoms with Crippen LogP contribution in [0.1, 0.15) is 23.3 Å². The van der Waals surface area contributed by atoms with Gasteiger partial charge >= 0.3 is 0 Å². The Kier molecular flexibility index (Phi) is 3.83. The number of halogens is 1. The molecule has 1 aliphatic rings. The molecular formula is C10H13ClN2OS. The summed E-state index contributed by atoms with van der Waals surface area (Å²) in [5, 5.41) is 0. The molecule has 1 unspecified atom stereocenters. The van der Waals surface area contributed by atoms with Gasteiger partial charge in [0, 0.05) is 17.2 Å². The molecule has 2 heterocycles. The van der Waals surface area contributed by atoms with Gasteiger partial charge in [-0.1, -0.05) is 0 Å². The van der Waals surface area contributed by atoms with Crippen LogP contribution in [-0.2, 0) is 10.6 Å². The normalized spacial score (nSPS) is 21.6. The molecule has 0 spiro atoms. The van der Waals surface area contributed by atoms with Gasteiger partial charge in [-0.05, 0) is 13.0 Å². The molecule has 3 nitrogen and oxygen atoms in total. The van der Waals surface area contributed by atoms with Crippen LogP contribution in [0, 0.1) is 6.92 Å². The Hall–Kier alpha value is -0.320. The Labute approximate surface area is 98.6 Å². The maximum atomic E-state index is 5.77. The number of nitrogens with zero attached hydrogens (tertiary/aromatic N) is 2. The van der Waals surface area contributed by atoms with Crippen LogP contribution in [0.15, 0.2) is 6.07 Å². The lowest BCUT2D eigenvalue weighted by molar-refractivity contribution is 0.0692. The van der Waals surface area contributed by atoms with E-state index in [0.717, 1.165) is 35.3 Å². The summed E-state index contributed by atoms with van der Waals surface area (Å²) in [5.41, 5.74) is 1.83. The van der Waals surface area contributed by atoms with Crippen molar-refractivity contribution in [1.29, 1.82) is 0 Å². The van der Waals surface area contributed by atoms with Crippen LogP contribution in [0.3, 0.4) is 0 Å². The third-order valence-electron chi connectivity index (χ3n) is 2.17. The van der Waals surface area contributed by atoms with Crippen molar-refractivity contribution < 1.29 is 4.74 Å². The second kappa shape index (κ2) is 5.14. The fraction of sp³-hybridized carbons (Fsp3) is 0.600. The molecule has 0 saturated carbocycles. The van der Waals surface area contributed by atoms with Crippen LogP contribution >= 0.6 is 23.4 Å². The molecule has 0 aliphatic carbocycles. The molecule has 1 aromatic rings. The van der Waals surface area contributed by atoms with E-state index in [1.165, 1.54) is 0 Å². The highest BCUT2D eigenvalue weighted by Crippen LogP contribution is 2.24. The quantitative estimate of drug-likeness (QED) is 0.748. The van der Waals surface area contributed by atoms with E-state index in [2.05, 4.69) is 9.97 Å². The lowest BCUT2D eigenvalue weighted by Gasteiger charge is -2.21. The second-order valence-corrected chi connectivity index (χ2v) is 4.84. The molecule has 1 saturated heterocycles. The van der Waals surface area contributed by atoms with Gasteiger partial charge in [0.15, 0.2) is 5.82 Å². The van der Waals surface area contributed by atoms with E-state index in [4.69, 9.17) is 16.3 Å². The first-order valence-electron chi connectivity index (χ1n) is 4.89. The molecule has 5 heteroatoms. The zero-order chi connectivity index (χ0) is 10.7. The summed E-state index contributed by atoms with van der Waals surface area (Å²) in [6.07, 6.45) is 0.0330. The highest BCUT2D eigenvalue weighted by Gasteiger charge is 2.19. The van der Waals surface area contributed by atoms with Crippen molar-refractivity contribution in [2.75, 3.05) is 18.1 Å². The third kappa shape index (κ3) is 2.83. The molecule has 0 radical (unpaired) electrons. The maximum Gasteiger partial charge on any atom is 0.158 e. The van der Waals surface area contributed by atoms with Crippen molar-refractivity contribution in [2.24, 2.45) is 0 Å². The van der Waals surface area contributed by atoms with Crippen molar-refractivity contribution in [2.45, 2.75) is 18.9 Å². The van der Waals surface area contributed by atoms with Crippen molar-refractivity contribution >= 4 is 23.4 Å². The predicted octanol–water partition coefficient (Wildman–Crippen LogP) is 2.33. The van der Waals surface area contributed by atoms with E-state index in [1.807, 2.05) is 24.8 Å². The summed E-state index contributed by atoms with van der Waals surface area (Å²) in [7, 11) is 0. The lowest BCUT2D eigenvalue weighted by Crippen LogP contribution is -2.18. The molecule has 0 bridgehead atoms. The fourth-order valence-electron chi connectivity index (χ4n) is 1.51. The summed E-state index contributed by atoms with van der Waals surface area (Å²) < 4.78 is 5.63. The average molecular weight is 245 g/mol. The first-order valence-corrected chi connectivity index (χ1v) is 6.58. The summed E-state index contributed by atoms with van der Waals surface area (Å²) in [4.78, 5) is 8.79. The van der Waals surface area contributed by atoms with Gasteiger partial charge < -0.3 is 4.74 Å². The van der Waals surface area contributed by atoms with Gasteiger partial charge in [0.1, 0.15) is 6.10 Å². The Balaban J connectivity index is 2.22. The number of ether oxygens (including phenoxy) is 1. The molecule has 1 fully saturated rings. The first kappa shape index (κ1) is 11.2. The van der Waals surface area contributed by atoms with E-state index in [-0.39, 0.29) is 6.10 Å². The minimum absolute atomic E-state index is 0.0330. The van der Waals surface area contributed by atoms with Crippen molar-refractivity contribution in [1.82, 2.24) is 9.97 Å². The van der Waals surface area contributed by atoms with Gasteiger partial charge in [0.25, 0.3) is 0 Å². The smallest absolute Gasteiger partial charge is 0.158 e. The number of aryl methyl sites for hydroxylation is 1. The van der Waals surface area contributed by atoms with Gasteiger partial charge in [-0.15, -0.1) is 11.6 Å². The van der Waals surface area contributed by atoms with E-state index < -0.39 is 0 Å². The summed E-state index contributed by atoms with van der Waals surface area (Å²) in [5.74, 6) is 3.20. The van der Waals surface area contributed by atoms with Crippen LogP contribution in [-0.4, -0.2) is 28.1 Å². The predicted molar refractivity (Wildman–Crippen MR) is 62.3 cm³/mol. The number of thioether (sulfide) groups is 1. The monoisotopic (exact) mass is 244 g/mol. The number of hydrogen-bond donors (Lipinski definition) is 0. The van der Waals surface area contributed by atoms with Gasteiger partial charge in [0.2, 0.25) is 0 Å². The zero-order valence-corrected chi connectivity index (χ0v) is 10.1. The molecule has 2 rings (SSSR count). The van der Waals surface area contributed by atoms with Crippen LogP contribution in [0.4, 0.5) is 0 Å². The standard InChI is InChI=1S/C10H13ClN2OS/c1-7-4-8(5-11)13-10(12-7)9-6-15-3-2-14-9/h4,9H,2-3,5-6H2,1H3. The number of aromatic nitrogens is 2. The highest BCUT2D eigenvalue weighted by molar-refractivity contribution is 7.99. The fourth-order valence-corrected chi connectivity index (χ4v) is 2.48. The molecule has 1 aromatic heterocycles. The lowest BCUT2D eigenvalue weighted by atomic mass is 10.3. The summed E-state index contributed by atoms with van der Waals surface area (Å²) in [6, 6.07) is 1.91. The average Bonchev–Trinajstić information content (AvgIpc) is 2.29. The first-order chi connectivity index (χ1) is 7.29.